The number of carbonyl (C=O) groups excluding carboxylic acids is 1. The maximum atomic E-state index is 12.4. The van der Waals surface area contributed by atoms with Gasteiger partial charge in [-0.15, -0.1) is 6.58 Å². The van der Waals surface area contributed by atoms with Crippen molar-refractivity contribution in [1.82, 2.24) is 4.90 Å². The van der Waals surface area contributed by atoms with E-state index in [1.54, 1.807) is 6.08 Å². The zero-order valence-corrected chi connectivity index (χ0v) is 11.1. The number of amides is 1. The maximum Gasteiger partial charge on any atom is 0.242 e. The van der Waals surface area contributed by atoms with E-state index in [9.17, 15) is 4.79 Å². The van der Waals surface area contributed by atoms with Crippen molar-refractivity contribution in [1.29, 1.82) is 0 Å². The summed E-state index contributed by atoms with van der Waals surface area (Å²) in [4.78, 5) is 18.3. The third-order valence-corrected chi connectivity index (χ3v) is 3.58. The number of aliphatic imine (C=N–C) groups is 1. The number of nitrogens with zero attached hydrogens (tertiary/aromatic N) is 2. The third-order valence-electron chi connectivity index (χ3n) is 3.26. The summed E-state index contributed by atoms with van der Waals surface area (Å²) in [7, 11) is 0. The predicted molar refractivity (Wildman–Crippen MR) is 80.1 cm³/mol. The van der Waals surface area contributed by atoms with Gasteiger partial charge in [-0.1, -0.05) is 36.4 Å². The highest BCUT2D eigenvalue weighted by Crippen LogP contribution is 2.18. The second-order valence-corrected chi connectivity index (χ2v) is 4.84. The molecule has 94 valence electrons. The van der Waals surface area contributed by atoms with Crippen molar-refractivity contribution in [2.75, 3.05) is 6.54 Å². The summed E-state index contributed by atoms with van der Waals surface area (Å²) >= 11 is 5.17. The van der Waals surface area contributed by atoms with Crippen LogP contribution in [0.25, 0.3) is 12.2 Å². The van der Waals surface area contributed by atoms with Crippen molar-refractivity contribution in [2.24, 2.45) is 10.9 Å². The summed E-state index contributed by atoms with van der Waals surface area (Å²) in [6.45, 7) is 4.05. The molecule has 4 heteroatoms. The van der Waals surface area contributed by atoms with Crippen LogP contribution in [0.15, 0.2) is 41.9 Å². The van der Waals surface area contributed by atoms with Crippen LogP contribution in [-0.4, -0.2) is 28.2 Å². The normalized spacial score (nSPS) is 20.7. The highest BCUT2D eigenvalue weighted by Gasteiger charge is 2.33. The summed E-state index contributed by atoms with van der Waals surface area (Å²) in [6.07, 6.45) is 5.55. The number of rotatable bonds is 2. The molecule has 0 radical (unpaired) electrons. The molecule has 0 saturated carbocycles. The molecule has 1 amide bonds. The molecule has 3 nitrogen and oxygen atoms in total. The van der Waals surface area contributed by atoms with Crippen LogP contribution in [-0.2, 0) is 4.79 Å². The lowest BCUT2D eigenvalue weighted by atomic mass is 9.93. The lowest BCUT2D eigenvalue weighted by Gasteiger charge is -2.29. The number of hydrogen-bond acceptors (Lipinski definition) is 2. The third kappa shape index (κ3) is 1.94. The quantitative estimate of drug-likeness (QED) is 0.582. The minimum Gasteiger partial charge on any atom is -0.283 e. The minimum atomic E-state index is -0.332. The van der Waals surface area contributed by atoms with E-state index in [0.29, 0.717) is 11.7 Å². The molecule has 3 rings (SSSR count). The van der Waals surface area contributed by atoms with Crippen LogP contribution in [0.1, 0.15) is 0 Å². The Labute approximate surface area is 116 Å². The predicted octanol–water partition coefficient (Wildman–Crippen LogP) is 0.631. The second-order valence-electron chi connectivity index (χ2n) is 4.47. The van der Waals surface area contributed by atoms with Gasteiger partial charge in [0.05, 0.1) is 11.6 Å². The summed E-state index contributed by atoms with van der Waals surface area (Å²) in [5.41, 5.74) is 0.731. The van der Waals surface area contributed by atoms with E-state index < -0.39 is 0 Å². The summed E-state index contributed by atoms with van der Waals surface area (Å²) in [6, 6.07) is 7.94. The van der Waals surface area contributed by atoms with Crippen LogP contribution in [0.5, 0.6) is 0 Å². The Morgan fingerprint density at radius 3 is 2.84 bits per heavy atom. The first-order valence-corrected chi connectivity index (χ1v) is 6.45. The molecule has 0 N–H and O–H groups in total. The van der Waals surface area contributed by atoms with Gasteiger partial charge in [0.1, 0.15) is 0 Å². The summed E-state index contributed by atoms with van der Waals surface area (Å²) in [5, 5.41) is 2.46. The molecule has 0 saturated heterocycles. The highest BCUT2D eigenvalue weighted by molar-refractivity contribution is 7.80. The van der Waals surface area contributed by atoms with Crippen LogP contribution in [0.4, 0.5) is 0 Å². The first kappa shape index (κ1) is 12.0. The molecule has 1 unspecified atom stereocenters. The van der Waals surface area contributed by atoms with Gasteiger partial charge in [0.2, 0.25) is 11.0 Å². The van der Waals surface area contributed by atoms with Crippen molar-refractivity contribution >= 4 is 41.1 Å². The average Bonchev–Trinajstić information content (AvgIpc) is 2.42. The molecule has 2 aliphatic rings. The number of benzene rings is 1. The van der Waals surface area contributed by atoms with Gasteiger partial charge in [-0.2, -0.15) is 0 Å². The standard InChI is InChI=1S/C15H12N2OS/c1-2-7-17-14(18)12-8-10-5-3-4-6-11(10)9-13(12)16-15(17)19/h2-6,8-9,12H,1,7H2. The zero-order chi connectivity index (χ0) is 13.4. The second kappa shape index (κ2) is 4.55. The molecule has 0 aromatic heterocycles. The van der Waals surface area contributed by atoms with Gasteiger partial charge in [0, 0.05) is 6.54 Å². The van der Waals surface area contributed by atoms with Gasteiger partial charge in [0.15, 0.2) is 0 Å². The Kier molecular flexibility index (Phi) is 2.87. The molecule has 0 bridgehead atoms. The van der Waals surface area contributed by atoms with Gasteiger partial charge < -0.3 is 0 Å². The number of carbonyl (C=O) groups is 1. The van der Waals surface area contributed by atoms with Crippen LogP contribution in [0, 0.1) is 5.92 Å². The van der Waals surface area contributed by atoms with E-state index in [4.69, 9.17) is 12.2 Å². The molecular weight excluding hydrogens is 256 g/mol. The Hall–Kier alpha value is -2.07. The van der Waals surface area contributed by atoms with Crippen LogP contribution >= 0.6 is 12.2 Å². The Bertz CT molecular complexity index is 733. The fourth-order valence-electron chi connectivity index (χ4n) is 2.34. The summed E-state index contributed by atoms with van der Waals surface area (Å²) < 4.78 is 0. The van der Waals surface area contributed by atoms with E-state index in [2.05, 4.69) is 11.6 Å². The largest absolute Gasteiger partial charge is 0.283 e. The number of hydrogen-bond donors (Lipinski definition) is 0. The van der Waals surface area contributed by atoms with Crippen molar-refractivity contribution in [3.05, 3.63) is 47.4 Å². The number of fused-ring (bicyclic) bond motifs is 2. The van der Waals surface area contributed by atoms with Crippen LogP contribution < -0.4 is 10.4 Å². The topological polar surface area (TPSA) is 32.7 Å². The van der Waals surface area contributed by atoms with Crippen molar-refractivity contribution < 1.29 is 4.79 Å². The molecule has 1 heterocycles. The number of thiocarbonyl (C=S) groups is 1. The van der Waals surface area contributed by atoms with Crippen LogP contribution in [0.3, 0.4) is 0 Å². The fourth-order valence-corrected chi connectivity index (χ4v) is 2.61. The summed E-state index contributed by atoms with van der Waals surface area (Å²) in [5.74, 6) is -0.359. The lowest BCUT2D eigenvalue weighted by molar-refractivity contribution is -0.127. The molecule has 0 fully saturated rings. The maximum absolute atomic E-state index is 12.4. The monoisotopic (exact) mass is 268 g/mol. The Morgan fingerprint density at radius 1 is 1.37 bits per heavy atom. The average molecular weight is 268 g/mol. The zero-order valence-electron chi connectivity index (χ0n) is 10.2. The Balaban J connectivity index is 2.15. The molecule has 1 atom stereocenters. The van der Waals surface area contributed by atoms with E-state index in [1.807, 2.05) is 36.4 Å². The van der Waals surface area contributed by atoms with E-state index in [1.165, 1.54) is 4.90 Å². The highest BCUT2D eigenvalue weighted by atomic mass is 32.1. The molecule has 1 aromatic rings. The van der Waals surface area contributed by atoms with E-state index in [0.717, 1.165) is 16.1 Å². The molecule has 1 aliphatic heterocycles. The first-order chi connectivity index (χ1) is 9.20. The lowest BCUT2D eigenvalue weighted by Crippen LogP contribution is -2.48. The molecule has 1 aromatic carbocycles. The first-order valence-electron chi connectivity index (χ1n) is 6.04. The van der Waals surface area contributed by atoms with Gasteiger partial charge in [-0.3, -0.25) is 9.69 Å². The Morgan fingerprint density at radius 2 is 2.11 bits per heavy atom. The minimum absolute atomic E-state index is 0.0272. The molecule has 1 aliphatic carbocycles. The van der Waals surface area contributed by atoms with Crippen molar-refractivity contribution in [3.63, 3.8) is 0 Å². The van der Waals surface area contributed by atoms with Gasteiger partial charge >= 0.3 is 0 Å². The van der Waals surface area contributed by atoms with Crippen LogP contribution in [0.2, 0.25) is 0 Å². The van der Waals surface area contributed by atoms with E-state index in [-0.39, 0.29) is 11.8 Å². The molecular formula is C15H12N2OS. The van der Waals surface area contributed by atoms with Crippen molar-refractivity contribution in [2.45, 2.75) is 0 Å². The fraction of sp³-hybridized carbons (Fsp3) is 0.133. The van der Waals surface area contributed by atoms with Gasteiger partial charge in [-0.25, -0.2) is 4.99 Å². The van der Waals surface area contributed by atoms with Crippen molar-refractivity contribution in [3.8, 4) is 0 Å². The smallest absolute Gasteiger partial charge is 0.242 e. The van der Waals surface area contributed by atoms with Gasteiger partial charge in [-0.05, 0) is 28.7 Å². The SMILES string of the molecule is C=CCN1C(=O)C2C=c3ccccc3=CC2=NC1=S. The molecule has 0 spiro atoms. The molecule has 19 heavy (non-hydrogen) atoms. The van der Waals surface area contributed by atoms with Gasteiger partial charge in [0.25, 0.3) is 0 Å². The van der Waals surface area contributed by atoms with E-state index >= 15 is 0 Å².